The molecule has 156 valence electrons. The van der Waals surface area contributed by atoms with Gasteiger partial charge in [0, 0.05) is 24.4 Å². The molecule has 1 aliphatic rings. The summed E-state index contributed by atoms with van der Waals surface area (Å²) in [6, 6.07) is 19.8. The summed E-state index contributed by atoms with van der Waals surface area (Å²) in [6.45, 7) is 1.04. The van der Waals surface area contributed by atoms with Crippen molar-refractivity contribution >= 4 is 34.1 Å². The second-order valence-electron chi connectivity index (χ2n) is 7.12. The van der Waals surface area contributed by atoms with Crippen LogP contribution in [0.25, 0.3) is 22.2 Å². The van der Waals surface area contributed by atoms with E-state index >= 15 is 0 Å². The second kappa shape index (κ2) is 8.31. The molecule has 7 nitrogen and oxygen atoms in total. The zero-order chi connectivity index (χ0) is 21.2. The predicted molar refractivity (Wildman–Crippen MR) is 121 cm³/mol. The van der Waals surface area contributed by atoms with Crippen LogP contribution in [0.2, 0.25) is 0 Å². The molecule has 1 N–H and O–H groups in total. The van der Waals surface area contributed by atoms with Crippen molar-refractivity contribution in [3.8, 4) is 22.9 Å². The van der Waals surface area contributed by atoms with Gasteiger partial charge < -0.3 is 19.4 Å². The molecule has 0 aliphatic carbocycles. The molecule has 31 heavy (non-hydrogen) atoms. The highest BCUT2D eigenvalue weighted by molar-refractivity contribution is 7.99. The normalized spacial score (nSPS) is 12.7. The van der Waals surface area contributed by atoms with Crippen LogP contribution in [-0.4, -0.2) is 39.6 Å². The van der Waals surface area contributed by atoms with Crippen LogP contribution in [-0.2, 0) is 11.8 Å². The van der Waals surface area contributed by atoms with Gasteiger partial charge in [-0.25, -0.2) is 0 Å². The number of nitrogens with zero attached hydrogens (tertiary/aromatic N) is 3. The van der Waals surface area contributed by atoms with Crippen LogP contribution in [0.15, 0.2) is 65.8 Å². The van der Waals surface area contributed by atoms with Crippen molar-refractivity contribution < 1.29 is 14.3 Å². The van der Waals surface area contributed by atoms with Gasteiger partial charge in [-0.15, -0.1) is 10.2 Å². The van der Waals surface area contributed by atoms with Crippen LogP contribution in [0, 0.1) is 0 Å². The number of anilines is 1. The van der Waals surface area contributed by atoms with E-state index in [1.807, 2.05) is 29.8 Å². The lowest BCUT2D eigenvalue weighted by Gasteiger charge is -2.18. The highest BCUT2D eigenvalue weighted by atomic mass is 32.2. The topological polar surface area (TPSA) is 78.3 Å². The molecule has 0 spiro atoms. The Morgan fingerprint density at radius 1 is 1.00 bits per heavy atom. The maximum Gasteiger partial charge on any atom is 0.234 e. The summed E-state index contributed by atoms with van der Waals surface area (Å²) in [7, 11) is 1.91. The van der Waals surface area contributed by atoms with Gasteiger partial charge >= 0.3 is 0 Å². The van der Waals surface area contributed by atoms with Crippen LogP contribution in [0.3, 0.4) is 0 Å². The smallest absolute Gasteiger partial charge is 0.234 e. The number of benzene rings is 3. The van der Waals surface area contributed by atoms with Crippen molar-refractivity contribution in [1.29, 1.82) is 0 Å². The van der Waals surface area contributed by atoms with Gasteiger partial charge in [-0.2, -0.15) is 0 Å². The van der Waals surface area contributed by atoms with E-state index < -0.39 is 0 Å². The minimum absolute atomic E-state index is 0.128. The fourth-order valence-electron chi connectivity index (χ4n) is 3.47. The number of aromatic nitrogens is 3. The fourth-order valence-corrected chi connectivity index (χ4v) is 4.18. The molecule has 0 atom stereocenters. The second-order valence-corrected chi connectivity index (χ2v) is 8.06. The molecule has 0 fully saturated rings. The maximum absolute atomic E-state index is 12.4. The molecule has 1 amide bonds. The quantitative estimate of drug-likeness (QED) is 0.478. The molecule has 0 saturated heterocycles. The number of thioether (sulfide) groups is 1. The van der Waals surface area contributed by atoms with E-state index in [9.17, 15) is 4.79 Å². The lowest BCUT2D eigenvalue weighted by atomic mass is 10.1. The first-order chi connectivity index (χ1) is 15.2. The molecule has 0 saturated carbocycles. The van der Waals surface area contributed by atoms with Gasteiger partial charge in [0.15, 0.2) is 22.5 Å². The Hall–Kier alpha value is -3.52. The summed E-state index contributed by atoms with van der Waals surface area (Å²) in [5.41, 5.74) is 1.66. The summed E-state index contributed by atoms with van der Waals surface area (Å²) < 4.78 is 13.0. The summed E-state index contributed by atoms with van der Waals surface area (Å²) in [4.78, 5) is 12.4. The standard InChI is InChI=1S/C23H20N4O3S/c1-27-22(17-7-6-15-4-2-3-5-16(15)12-17)25-26-23(27)31-14-21(28)24-18-8-9-19-20(13-18)30-11-10-29-19/h2-9,12-13H,10-11,14H2,1H3,(H,24,28). The third kappa shape index (κ3) is 4.06. The number of carbonyl (C=O) groups is 1. The molecule has 0 radical (unpaired) electrons. The van der Waals surface area contributed by atoms with Crippen LogP contribution in [0.1, 0.15) is 0 Å². The van der Waals surface area contributed by atoms with E-state index in [1.165, 1.54) is 17.1 Å². The van der Waals surface area contributed by atoms with Crippen molar-refractivity contribution in [2.45, 2.75) is 5.16 Å². The van der Waals surface area contributed by atoms with Gasteiger partial charge in [-0.1, -0.05) is 48.2 Å². The highest BCUT2D eigenvalue weighted by Crippen LogP contribution is 2.32. The average Bonchev–Trinajstić information content (AvgIpc) is 3.17. The summed E-state index contributed by atoms with van der Waals surface area (Å²) in [6.07, 6.45) is 0. The Morgan fingerprint density at radius 2 is 1.81 bits per heavy atom. The number of carbonyl (C=O) groups excluding carboxylic acids is 1. The molecule has 0 unspecified atom stereocenters. The van der Waals surface area contributed by atoms with Gasteiger partial charge in [-0.05, 0) is 29.0 Å². The molecular weight excluding hydrogens is 412 g/mol. The van der Waals surface area contributed by atoms with Gasteiger partial charge in [0.2, 0.25) is 5.91 Å². The highest BCUT2D eigenvalue weighted by Gasteiger charge is 2.15. The number of hydrogen-bond donors (Lipinski definition) is 1. The van der Waals surface area contributed by atoms with E-state index in [0.29, 0.717) is 35.6 Å². The lowest BCUT2D eigenvalue weighted by molar-refractivity contribution is -0.113. The predicted octanol–water partition coefficient (Wildman–Crippen LogP) is 4.14. The van der Waals surface area contributed by atoms with Crippen molar-refractivity contribution in [3.05, 3.63) is 60.7 Å². The molecule has 1 aliphatic heterocycles. The molecule has 1 aromatic heterocycles. The van der Waals surface area contributed by atoms with E-state index in [4.69, 9.17) is 9.47 Å². The molecule has 2 heterocycles. The number of nitrogens with one attached hydrogen (secondary N) is 1. The van der Waals surface area contributed by atoms with E-state index in [-0.39, 0.29) is 11.7 Å². The third-order valence-corrected chi connectivity index (χ3v) is 6.02. The first kappa shape index (κ1) is 19.4. The number of amides is 1. The van der Waals surface area contributed by atoms with Gasteiger partial charge in [-0.3, -0.25) is 4.79 Å². The van der Waals surface area contributed by atoms with Crippen LogP contribution >= 0.6 is 11.8 Å². The zero-order valence-electron chi connectivity index (χ0n) is 16.9. The fraction of sp³-hybridized carbons (Fsp3) is 0.174. The zero-order valence-corrected chi connectivity index (χ0v) is 17.7. The summed E-state index contributed by atoms with van der Waals surface area (Å²) in [5.74, 6) is 2.19. The SMILES string of the molecule is Cn1c(SCC(=O)Nc2ccc3c(c2)OCCO3)nnc1-c1ccc2ccccc2c1. The van der Waals surface area contributed by atoms with Crippen LogP contribution in [0.5, 0.6) is 11.5 Å². The Balaban J connectivity index is 1.25. The van der Waals surface area contributed by atoms with Gasteiger partial charge in [0.25, 0.3) is 0 Å². The largest absolute Gasteiger partial charge is 0.486 e. The number of rotatable bonds is 5. The van der Waals surface area contributed by atoms with E-state index in [0.717, 1.165) is 16.8 Å². The monoisotopic (exact) mass is 432 g/mol. The average molecular weight is 433 g/mol. The molecule has 3 aromatic carbocycles. The van der Waals surface area contributed by atoms with Crippen molar-refractivity contribution in [2.75, 3.05) is 24.3 Å². The third-order valence-electron chi connectivity index (χ3n) is 5.00. The van der Waals surface area contributed by atoms with Gasteiger partial charge in [0.1, 0.15) is 13.2 Å². The van der Waals surface area contributed by atoms with Crippen molar-refractivity contribution in [2.24, 2.45) is 7.05 Å². The van der Waals surface area contributed by atoms with Crippen LogP contribution < -0.4 is 14.8 Å². The van der Waals surface area contributed by atoms with Crippen molar-refractivity contribution in [1.82, 2.24) is 14.8 Å². The summed E-state index contributed by atoms with van der Waals surface area (Å²) in [5, 5.41) is 14.5. The van der Waals surface area contributed by atoms with Crippen LogP contribution in [0.4, 0.5) is 5.69 Å². The van der Waals surface area contributed by atoms with E-state index in [2.05, 4.69) is 39.8 Å². The molecule has 8 heteroatoms. The van der Waals surface area contributed by atoms with Gasteiger partial charge in [0.05, 0.1) is 5.75 Å². The number of hydrogen-bond acceptors (Lipinski definition) is 6. The molecule has 5 rings (SSSR count). The maximum atomic E-state index is 12.4. The lowest BCUT2D eigenvalue weighted by Crippen LogP contribution is -2.17. The number of fused-ring (bicyclic) bond motifs is 2. The molecule has 4 aromatic rings. The first-order valence-corrected chi connectivity index (χ1v) is 10.9. The van der Waals surface area contributed by atoms with E-state index in [1.54, 1.807) is 18.2 Å². The minimum atomic E-state index is -0.128. The first-order valence-electron chi connectivity index (χ1n) is 9.88. The van der Waals surface area contributed by atoms with Crippen molar-refractivity contribution in [3.63, 3.8) is 0 Å². The Morgan fingerprint density at radius 3 is 2.68 bits per heavy atom. The number of ether oxygens (including phenoxy) is 2. The summed E-state index contributed by atoms with van der Waals surface area (Å²) >= 11 is 1.34. The Labute approximate surface area is 183 Å². The Kier molecular flexibility index (Phi) is 5.21. The Bertz CT molecular complexity index is 1270. The molecule has 0 bridgehead atoms. The minimum Gasteiger partial charge on any atom is -0.486 e. The molecular formula is C23H20N4O3S.